The third kappa shape index (κ3) is 1.77. The normalized spacial score (nSPS) is 24.3. The number of anilines is 1. The van der Waals surface area contributed by atoms with E-state index < -0.39 is 0 Å². The van der Waals surface area contributed by atoms with Crippen LogP contribution >= 0.6 is 11.3 Å². The number of aromatic nitrogens is 5. The van der Waals surface area contributed by atoms with Crippen LogP contribution in [-0.2, 0) is 11.3 Å². The molecular weight excluding hydrogens is 300 g/mol. The predicted octanol–water partition coefficient (Wildman–Crippen LogP) is 1.63. The molecule has 1 saturated heterocycles. The molecule has 22 heavy (non-hydrogen) atoms. The molecule has 2 aliphatic rings. The van der Waals surface area contributed by atoms with Crippen molar-refractivity contribution in [2.24, 2.45) is 0 Å². The van der Waals surface area contributed by atoms with Crippen LogP contribution in [0.2, 0.25) is 0 Å². The minimum atomic E-state index is 0.131. The van der Waals surface area contributed by atoms with Gasteiger partial charge in [0, 0.05) is 13.1 Å². The van der Waals surface area contributed by atoms with Crippen molar-refractivity contribution in [2.75, 3.05) is 18.0 Å². The van der Waals surface area contributed by atoms with E-state index in [9.17, 15) is 0 Å². The predicted molar refractivity (Wildman–Crippen MR) is 81.9 cm³/mol. The fourth-order valence-electron chi connectivity index (χ4n) is 3.41. The number of thiophene rings is 1. The Morgan fingerprint density at radius 2 is 2.32 bits per heavy atom. The summed E-state index contributed by atoms with van der Waals surface area (Å²) < 4.78 is 8.06. The van der Waals surface area contributed by atoms with Gasteiger partial charge in [0.2, 0.25) is 0 Å². The Kier molecular flexibility index (Phi) is 2.68. The molecule has 8 heteroatoms. The van der Waals surface area contributed by atoms with Crippen LogP contribution in [0.5, 0.6) is 0 Å². The van der Waals surface area contributed by atoms with E-state index in [1.807, 2.05) is 4.68 Å². The highest BCUT2D eigenvalue weighted by Gasteiger charge is 2.37. The van der Waals surface area contributed by atoms with E-state index in [2.05, 4.69) is 36.6 Å². The molecule has 3 aromatic rings. The molecule has 1 fully saturated rings. The minimum Gasteiger partial charge on any atom is -0.368 e. The van der Waals surface area contributed by atoms with Crippen LogP contribution in [0, 0.1) is 0 Å². The molecule has 0 aromatic carbocycles. The summed E-state index contributed by atoms with van der Waals surface area (Å²) in [5, 5.41) is 11.4. The number of nitrogens with zero attached hydrogens (tertiary/aromatic N) is 6. The van der Waals surface area contributed by atoms with Crippen molar-refractivity contribution in [3.63, 3.8) is 0 Å². The van der Waals surface area contributed by atoms with Crippen molar-refractivity contribution in [2.45, 2.75) is 25.2 Å². The number of hydrogen-bond acceptors (Lipinski definition) is 7. The summed E-state index contributed by atoms with van der Waals surface area (Å²) in [7, 11) is 0. The summed E-state index contributed by atoms with van der Waals surface area (Å²) in [5.41, 5.74) is 1.07. The zero-order chi connectivity index (χ0) is 14.5. The summed E-state index contributed by atoms with van der Waals surface area (Å²) >= 11 is 1.65. The summed E-state index contributed by atoms with van der Waals surface area (Å²) in [6.45, 7) is 2.34. The van der Waals surface area contributed by atoms with E-state index in [0.29, 0.717) is 6.61 Å². The van der Waals surface area contributed by atoms with Crippen molar-refractivity contribution < 1.29 is 4.74 Å². The lowest BCUT2D eigenvalue weighted by molar-refractivity contribution is -0.0334. The number of ether oxygens (including phenoxy) is 1. The van der Waals surface area contributed by atoms with Gasteiger partial charge in [-0.25, -0.2) is 14.6 Å². The molecule has 2 aliphatic heterocycles. The van der Waals surface area contributed by atoms with Gasteiger partial charge in [0.1, 0.15) is 17.0 Å². The number of fused-ring (bicyclic) bond motifs is 4. The molecule has 0 aliphatic carbocycles. The van der Waals surface area contributed by atoms with Gasteiger partial charge < -0.3 is 9.64 Å². The van der Waals surface area contributed by atoms with E-state index in [4.69, 9.17) is 4.74 Å². The largest absolute Gasteiger partial charge is 0.368 e. The molecule has 2 atom stereocenters. The first-order valence-corrected chi connectivity index (χ1v) is 8.22. The van der Waals surface area contributed by atoms with Gasteiger partial charge in [-0.1, -0.05) is 5.21 Å². The second-order valence-corrected chi connectivity index (χ2v) is 6.55. The fraction of sp³-hybridized carbons (Fsp3) is 0.429. The summed E-state index contributed by atoms with van der Waals surface area (Å²) in [6, 6.07) is 2.38. The third-order valence-electron chi connectivity index (χ3n) is 4.47. The van der Waals surface area contributed by atoms with Gasteiger partial charge >= 0.3 is 0 Å². The summed E-state index contributed by atoms with van der Waals surface area (Å²) in [5.74, 6) is 1.01. The van der Waals surface area contributed by atoms with Gasteiger partial charge in [-0.2, -0.15) is 0 Å². The molecule has 0 bridgehead atoms. The Morgan fingerprint density at radius 3 is 3.32 bits per heavy atom. The Hall–Kier alpha value is -2.06. The molecule has 5 rings (SSSR count). The first-order chi connectivity index (χ1) is 10.9. The Morgan fingerprint density at radius 1 is 1.32 bits per heavy atom. The maximum atomic E-state index is 6.03. The fourth-order valence-corrected chi connectivity index (χ4v) is 4.14. The second-order valence-electron chi connectivity index (χ2n) is 5.66. The van der Waals surface area contributed by atoms with E-state index in [1.54, 1.807) is 23.9 Å². The molecular formula is C14H14N6OS. The zero-order valence-corrected chi connectivity index (χ0v) is 12.6. The van der Waals surface area contributed by atoms with Gasteiger partial charge in [0.05, 0.1) is 36.0 Å². The molecule has 5 heterocycles. The second kappa shape index (κ2) is 4.72. The van der Waals surface area contributed by atoms with E-state index in [-0.39, 0.29) is 12.1 Å². The molecule has 3 aromatic heterocycles. The molecule has 0 unspecified atom stereocenters. The maximum Gasteiger partial charge on any atom is 0.140 e. The summed E-state index contributed by atoms with van der Waals surface area (Å²) in [6.07, 6.45) is 4.56. The van der Waals surface area contributed by atoms with Gasteiger partial charge in [0.25, 0.3) is 0 Å². The van der Waals surface area contributed by atoms with Crippen molar-refractivity contribution in [3.8, 4) is 0 Å². The SMILES string of the molecule is c1nc(N2CC[C@H]3[C@H](C2)OCc2cnnn23)c2ccsc2n1. The van der Waals surface area contributed by atoms with E-state index in [1.165, 1.54) is 0 Å². The lowest BCUT2D eigenvalue weighted by atomic mass is 10.00. The molecule has 0 saturated carbocycles. The highest BCUT2D eigenvalue weighted by Crippen LogP contribution is 2.34. The van der Waals surface area contributed by atoms with Gasteiger partial charge in [-0.05, 0) is 17.9 Å². The van der Waals surface area contributed by atoms with E-state index in [0.717, 1.165) is 41.2 Å². The first-order valence-electron chi connectivity index (χ1n) is 7.34. The number of rotatable bonds is 1. The van der Waals surface area contributed by atoms with Crippen LogP contribution in [0.25, 0.3) is 10.2 Å². The minimum absolute atomic E-state index is 0.131. The van der Waals surface area contributed by atoms with Crippen molar-refractivity contribution in [1.82, 2.24) is 25.0 Å². The number of hydrogen-bond donors (Lipinski definition) is 0. The molecule has 112 valence electrons. The average Bonchev–Trinajstić information content (AvgIpc) is 3.22. The van der Waals surface area contributed by atoms with Crippen LogP contribution < -0.4 is 4.90 Å². The molecule has 0 radical (unpaired) electrons. The monoisotopic (exact) mass is 314 g/mol. The third-order valence-corrected chi connectivity index (χ3v) is 5.29. The first kappa shape index (κ1) is 12.5. The quantitative estimate of drug-likeness (QED) is 0.680. The van der Waals surface area contributed by atoms with Crippen molar-refractivity contribution in [3.05, 3.63) is 29.7 Å². The van der Waals surface area contributed by atoms with Crippen LogP contribution in [0.15, 0.2) is 24.0 Å². The molecule has 0 amide bonds. The Balaban J connectivity index is 1.47. The lowest BCUT2D eigenvalue weighted by Crippen LogP contribution is -2.48. The molecule has 0 spiro atoms. The zero-order valence-electron chi connectivity index (χ0n) is 11.8. The maximum absolute atomic E-state index is 6.03. The van der Waals surface area contributed by atoms with Crippen LogP contribution in [0.3, 0.4) is 0 Å². The highest BCUT2D eigenvalue weighted by molar-refractivity contribution is 7.16. The van der Waals surface area contributed by atoms with Crippen molar-refractivity contribution in [1.29, 1.82) is 0 Å². The van der Waals surface area contributed by atoms with Gasteiger partial charge in [0.15, 0.2) is 0 Å². The average molecular weight is 314 g/mol. The van der Waals surface area contributed by atoms with E-state index >= 15 is 0 Å². The highest BCUT2D eigenvalue weighted by atomic mass is 32.1. The van der Waals surface area contributed by atoms with Crippen LogP contribution in [-0.4, -0.2) is 44.2 Å². The Labute approximate surface area is 130 Å². The van der Waals surface area contributed by atoms with Crippen LogP contribution in [0.1, 0.15) is 18.2 Å². The van der Waals surface area contributed by atoms with Gasteiger partial charge in [-0.15, -0.1) is 16.4 Å². The smallest absolute Gasteiger partial charge is 0.140 e. The van der Waals surface area contributed by atoms with Gasteiger partial charge in [-0.3, -0.25) is 0 Å². The Bertz CT molecular complexity index is 829. The molecule has 7 nitrogen and oxygen atoms in total. The lowest BCUT2D eigenvalue weighted by Gasteiger charge is -2.41. The number of piperidine rings is 1. The standard InChI is InChI=1S/C14H14N6OS/c1-3-19(13-10-2-4-22-14(10)16-8-15-13)6-12-11(1)20-9(7-21-12)5-17-18-20/h2,4-5,8,11-12H,1,3,6-7H2/t11-,12-/m0/s1. The topological polar surface area (TPSA) is 69.0 Å². The summed E-state index contributed by atoms with van der Waals surface area (Å²) in [4.78, 5) is 12.2. The molecule has 0 N–H and O–H groups in total. The van der Waals surface area contributed by atoms with Crippen LogP contribution in [0.4, 0.5) is 5.82 Å². The van der Waals surface area contributed by atoms with Crippen molar-refractivity contribution >= 4 is 27.4 Å².